The van der Waals surface area contributed by atoms with E-state index in [1.807, 2.05) is 0 Å². The van der Waals surface area contributed by atoms with Crippen LogP contribution in [0.2, 0.25) is 5.02 Å². The van der Waals surface area contributed by atoms with Crippen molar-refractivity contribution in [2.45, 2.75) is 6.92 Å². The van der Waals surface area contributed by atoms with E-state index < -0.39 is 0 Å². The third-order valence-electron chi connectivity index (χ3n) is 3.84. The minimum Gasteiger partial charge on any atom is -0.497 e. The van der Waals surface area contributed by atoms with Gasteiger partial charge in [0, 0.05) is 16.4 Å². The molecule has 2 aromatic carbocycles. The first kappa shape index (κ1) is 19.4. The number of carbonyl (C=O) groups excluding carboxylic acids is 1. The van der Waals surface area contributed by atoms with Crippen molar-refractivity contribution in [3.8, 4) is 11.5 Å². The Hall–Kier alpha value is -3.32. The Balaban J connectivity index is 1.82. The van der Waals surface area contributed by atoms with E-state index in [0.717, 1.165) is 0 Å². The van der Waals surface area contributed by atoms with Crippen molar-refractivity contribution in [3.63, 3.8) is 0 Å². The lowest BCUT2D eigenvalue weighted by Gasteiger charge is -2.12. The van der Waals surface area contributed by atoms with Crippen LogP contribution in [0, 0.1) is 6.92 Å². The van der Waals surface area contributed by atoms with Gasteiger partial charge in [0.05, 0.1) is 19.9 Å². The van der Waals surface area contributed by atoms with E-state index in [-0.39, 0.29) is 17.5 Å². The van der Waals surface area contributed by atoms with Crippen molar-refractivity contribution in [2.24, 2.45) is 0 Å². The maximum Gasteiger partial charge on any atom is 0.274 e. The molecule has 0 atom stereocenters. The minimum atomic E-state index is -0.350. The number of ether oxygens (including phenoxy) is 2. The van der Waals surface area contributed by atoms with E-state index >= 15 is 0 Å². The third-order valence-corrected chi connectivity index (χ3v) is 4.08. The van der Waals surface area contributed by atoms with Gasteiger partial charge in [-0.3, -0.25) is 4.79 Å². The average molecular weight is 399 g/mol. The van der Waals surface area contributed by atoms with Crippen molar-refractivity contribution in [1.29, 1.82) is 0 Å². The second kappa shape index (κ2) is 8.58. The second-order valence-electron chi connectivity index (χ2n) is 5.87. The van der Waals surface area contributed by atoms with Gasteiger partial charge in [-0.25, -0.2) is 9.97 Å². The molecule has 28 heavy (non-hydrogen) atoms. The van der Waals surface area contributed by atoms with E-state index in [2.05, 4.69) is 20.6 Å². The molecule has 0 bridgehead atoms. The summed E-state index contributed by atoms with van der Waals surface area (Å²) in [5.41, 5.74) is 2.10. The molecule has 0 aliphatic heterocycles. The molecule has 0 spiro atoms. The lowest BCUT2D eigenvalue weighted by atomic mass is 10.2. The van der Waals surface area contributed by atoms with Crippen LogP contribution in [-0.2, 0) is 0 Å². The summed E-state index contributed by atoms with van der Waals surface area (Å²) in [6, 6.07) is 13.8. The number of hydrogen-bond acceptors (Lipinski definition) is 6. The highest BCUT2D eigenvalue weighted by Gasteiger charge is 2.13. The highest BCUT2D eigenvalue weighted by atomic mass is 35.5. The lowest BCUT2D eigenvalue weighted by molar-refractivity contribution is 0.102. The molecule has 1 aromatic heterocycles. The Bertz CT molecular complexity index is 993. The first-order valence-electron chi connectivity index (χ1n) is 8.40. The van der Waals surface area contributed by atoms with Crippen LogP contribution >= 0.6 is 11.6 Å². The molecular weight excluding hydrogens is 380 g/mol. The zero-order chi connectivity index (χ0) is 20.1. The quantitative estimate of drug-likeness (QED) is 0.638. The fourth-order valence-corrected chi connectivity index (χ4v) is 2.68. The summed E-state index contributed by atoms with van der Waals surface area (Å²) in [7, 11) is 3.14. The van der Waals surface area contributed by atoms with Gasteiger partial charge < -0.3 is 20.1 Å². The van der Waals surface area contributed by atoms with Gasteiger partial charge in [0.1, 0.15) is 17.2 Å². The highest BCUT2D eigenvalue weighted by Crippen LogP contribution is 2.29. The maximum absolute atomic E-state index is 12.6. The fraction of sp³-hybridized carbons (Fsp3) is 0.150. The normalized spacial score (nSPS) is 10.3. The van der Waals surface area contributed by atoms with Crippen molar-refractivity contribution in [2.75, 3.05) is 24.9 Å². The third kappa shape index (κ3) is 4.69. The number of aryl methyl sites for hydroxylation is 1. The van der Waals surface area contributed by atoms with E-state index in [0.29, 0.717) is 33.6 Å². The maximum atomic E-state index is 12.6. The fourth-order valence-electron chi connectivity index (χ4n) is 2.51. The van der Waals surface area contributed by atoms with Gasteiger partial charge in [0.2, 0.25) is 5.95 Å². The summed E-state index contributed by atoms with van der Waals surface area (Å²) in [6.07, 6.45) is 0. The number of halogens is 1. The minimum absolute atomic E-state index is 0.229. The van der Waals surface area contributed by atoms with Gasteiger partial charge in [0.25, 0.3) is 5.91 Å². The van der Waals surface area contributed by atoms with Crippen LogP contribution in [0.5, 0.6) is 11.5 Å². The van der Waals surface area contributed by atoms with E-state index in [9.17, 15) is 4.79 Å². The molecule has 0 saturated heterocycles. The Kier molecular flexibility index (Phi) is 5.96. The molecule has 1 heterocycles. The first-order valence-corrected chi connectivity index (χ1v) is 8.78. The van der Waals surface area contributed by atoms with E-state index in [1.54, 1.807) is 69.7 Å². The van der Waals surface area contributed by atoms with Crippen molar-refractivity contribution < 1.29 is 14.3 Å². The molecule has 3 rings (SSSR count). The van der Waals surface area contributed by atoms with Crippen molar-refractivity contribution in [3.05, 3.63) is 64.9 Å². The van der Waals surface area contributed by atoms with Gasteiger partial charge >= 0.3 is 0 Å². The molecule has 0 fully saturated rings. The number of rotatable bonds is 6. The summed E-state index contributed by atoms with van der Waals surface area (Å²) in [5.74, 6) is 1.20. The predicted octanol–water partition coefficient (Wildman–Crippen LogP) is 4.45. The molecule has 0 aliphatic carbocycles. The molecule has 7 nitrogen and oxygen atoms in total. The second-order valence-corrected chi connectivity index (χ2v) is 6.31. The average Bonchev–Trinajstić information content (AvgIpc) is 2.68. The molecule has 0 radical (unpaired) electrons. The zero-order valence-corrected chi connectivity index (χ0v) is 16.4. The monoisotopic (exact) mass is 398 g/mol. The van der Waals surface area contributed by atoms with Crippen LogP contribution < -0.4 is 20.1 Å². The number of anilines is 3. The molecule has 0 unspecified atom stereocenters. The number of amides is 1. The Morgan fingerprint density at radius 3 is 2.43 bits per heavy atom. The SMILES string of the molecule is COc1ccc(NC(=O)c2cc(C)nc(Nc3cc(Cl)ccc3OC)n2)cc1. The van der Waals surface area contributed by atoms with Gasteiger partial charge in [-0.1, -0.05) is 11.6 Å². The van der Waals surface area contributed by atoms with Crippen molar-refractivity contribution >= 4 is 34.8 Å². The molecule has 144 valence electrons. The number of aromatic nitrogens is 2. The predicted molar refractivity (Wildman–Crippen MR) is 109 cm³/mol. The molecule has 3 aromatic rings. The Morgan fingerprint density at radius 1 is 1.00 bits per heavy atom. The number of hydrogen-bond donors (Lipinski definition) is 2. The number of nitrogens with zero attached hydrogens (tertiary/aromatic N) is 2. The standard InChI is InChI=1S/C20H19ClN4O3/c1-12-10-17(19(26)23-14-5-7-15(27-2)8-6-14)25-20(22-12)24-16-11-13(21)4-9-18(16)28-3/h4-11H,1-3H3,(H,23,26)(H,22,24,25). The lowest BCUT2D eigenvalue weighted by Crippen LogP contribution is -2.15. The van der Waals surface area contributed by atoms with Crippen molar-refractivity contribution in [1.82, 2.24) is 9.97 Å². The van der Waals surface area contributed by atoms with Crippen LogP contribution in [0.4, 0.5) is 17.3 Å². The Morgan fingerprint density at radius 2 is 1.75 bits per heavy atom. The summed E-state index contributed by atoms with van der Waals surface area (Å²) < 4.78 is 10.4. The van der Waals surface area contributed by atoms with Crippen LogP contribution in [0.1, 0.15) is 16.2 Å². The first-order chi connectivity index (χ1) is 13.5. The summed E-state index contributed by atoms with van der Waals surface area (Å²) >= 11 is 6.06. The molecule has 0 saturated carbocycles. The summed E-state index contributed by atoms with van der Waals surface area (Å²) in [4.78, 5) is 21.2. The smallest absolute Gasteiger partial charge is 0.274 e. The molecular formula is C20H19ClN4O3. The topological polar surface area (TPSA) is 85.4 Å². The van der Waals surface area contributed by atoms with E-state index in [1.165, 1.54) is 0 Å². The summed E-state index contributed by atoms with van der Waals surface area (Å²) in [5, 5.41) is 6.39. The number of benzene rings is 2. The van der Waals surface area contributed by atoms with Crippen LogP contribution in [0.3, 0.4) is 0 Å². The molecule has 1 amide bonds. The zero-order valence-electron chi connectivity index (χ0n) is 15.6. The summed E-state index contributed by atoms with van der Waals surface area (Å²) in [6.45, 7) is 1.78. The van der Waals surface area contributed by atoms with Gasteiger partial charge in [0.15, 0.2) is 0 Å². The van der Waals surface area contributed by atoms with Crippen LogP contribution in [-0.4, -0.2) is 30.1 Å². The van der Waals surface area contributed by atoms with Gasteiger partial charge in [-0.15, -0.1) is 0 Å². The van der Waals surface area contributed by atoms with Crippen LogP contribution in [0.25, 0.3) is 0 Å². The van der Waals surface area contributed by atoms with E-state index in [4.69, 9.17) is 21.1 Å². The van der Waals surface area contributed by atoms with Crippen LogP contribution in [0.15, 0.2) is 48.5 Å². The number of nitrogens with one attached hydrogen (secondary N) is 2. The number of methoxy groups -OCH3 is 2. The molecule has 0 aliphatic rings. The molecule has 8 heteroatoms. The van der Waals surface area contributed by atoms with Gasteiger partial charge in [-0.2, -0.15) is 0 Å². The van der Waals surface area contributed by atoms with Gasteiger partial charge in [-0.05, 0) is 55.5 Å². The molecule has 2 N–H and O–H groups in total. The Labute approximate surface area is 167 Å². The largest absolute Gasteiger partial charge is 0.497 e. The number of carbonyl (C=O) groups is 1. The highest BCUT2D eigenvalue weighted by molar-refractivity contribution is 6.31.